The fourth-order valence-electron chi connectivity index (χ4n) is 1.33. The van der Waals surface area contributed by atoms with Crippen molar-refractivity contribution in [2.24, 2.45) is 5.11 Å². The first kappa shape index (κ1) is 8.91. The monoisotopic (exact) mass is 162 g/mol. The molecule has 64 valence electrons. The number of benzene rings is 1. The summed E-state index contributed by atoms with van der Waals surface area (Å²) in [6.07, 6.45) is 0. The summed E-state index contributed by atoms with van der Waals surface area (Å²) in [6, 6.07) is 6.27. The Balaban J connectivity index is 3.08. The van der Waals surface area contributed by atoms with E-state index in [9.17, 15) is 0 Å². The van der Waals surface area contributed by atoms with Gasteiger partial charge in [0.1, 0.15) is 0 Å². The van der Waals surface area contributed by atoms with Gasteiger partial charge >= 0.3 is 0 Å². The molecule has 1 N–H and O–H groups in total. The minimum atomic E-state index is -0.0106. The highest BCUT2D eigenvalue weighted by molar-refractivity contribution is 5.30. The molecular weight excluding hydrogens is 148 g/mol. The molecule has 2 heteroatoms. The van der Waals surface area contributed by atoms with E-state index in [1.54, 1.807) is 0 Å². The number of hydrogen-bond acceptors (Lipinski definition) is 2. The molecule has 0 aromatic heterocycles. The SMILES string of the molecule is Cc1cc(C)cc(C(C)N=N)c1. The standard InChI is InChI=1S/C10H14N2/c1-7-4-8(2)6-10(5-7)9(3)12-11/h4-6,9,11H,1-3H3. The summed E-state index contributed by atoms with van der Waals surface area (Å²) in [5.41, 5.74) is 10.5. The lowest BCUT2D eigenvalue weighted by Gasteiger charge is -2.06. The topological polar surface area (TPSA) is 36.2 Å². The van der Waals surface area contributed by atoms with Gasteiger partial charge in [0.05, 0.1) is 6.04 Å². The fraction of sp³-hybridized carbons (Fsp3) is 0.400. The first-order chi connectivity index (χ1) is 5.63. The Morgan fingerprint density at radius 2 is 1.67 bits per heavy atom. The van der Waals surface area contributed by atoms with Crippen LogP contribution in [0.2, 0.25) is 0 Å². The molecule has 0 heterocycles. The predicted octanol–water partition coefficient (Wildman–Crippen LogP) is 3.40. The maximum absolute atomic E-state index is 6.91. The highest BCUT2D eigenvalue weighted by Crippen LogP contribution is 2.18. The van der Waals surface area contributed by atoms with Crippen molar-refractivity contribution in [2.45, 2.75) is 26.8 Å². The third kappa shape index (κ3) is 1.91. The van der Waals surface area contributed by atoms with E-state index in [1.807, 2.05) is 6.92 Å². The predicted molar refractivity (Wildman–Crippen MR) is 49.5 cm³/mol. The molecule has 1 rings (SSSR count). The van der Waals surface area contributed by atoms with Gasteiger partial charge in [0, 0.05) is 0 Å². The minimum Gasteiger partial charge on any atom is -0.209 e. The molecule has 2 nitrogen and oxygen atoms in total. The second kappa shape index (κ2) is 3.48. The van der Waals surface area contributed by atoms with Gasteiger partial charge in [-0.1, -0.05) is 29.3 Å². The molecule has 12 heavy (non-hydrogen) atoms. The maximum Gasteiger partial charge on any atom is 0.0927 e. The average Bonchev–Trinajstić information content (AvgIpc) is 2.01. The number of hydrogen-bond donors (Lipinski definition) is 1. The van der Waals surface area contributed by atoms with E-state index >= 15 is 0 Å². The quantitative estimate of drug-likeness (QED) is 0.647. The molecule has 0 bridgehead atoms. The van der Waals surface area contributed by atoms with E-state index in [1.165, 1.54) is 11.1 Å². The largest absolute Gasteiger partial charge is 0.209 e. The van der Waals surface area contributed by atoms with Gasteiger partial charge in [0.15, 0.2) is 0 Å². The van der Waals surface area contributed by atoms with Gasteiger partial charge in [-0.2, -0.15) is 5.11 Å². The maximum atomic E-state index is 6.91. The highest BCUT2D eigenvalue weighted by atomic mass is 15.0. The van der Waals surface area contributed by atoms with E-state index in [2.05, 4.69) is 37.2 Å². The Kier molecular flexibility index (Phi) is 2.58. The molecule has 0 aliphatic carbocycles. The summed E-state index contributed by atoms with van der Waals surface area (Å²) in [7, 11) is 0. The van der Waals surface area contributed by atoms with Gasteiger partial charge in [-0.15, -0.1) is 0 Å². The number of rotatable bonds is 2. The molecule has 1 atom stereocenters. The zero-order chi connectivity index (χ0) is 9.14. The summed E-state index contributed by atoms with van der Waals surface area (Å²) in [5.74, 6) is 0. The Bertz CT molecular complexity index is 272. The smallest absolute Gasteiger partial charge is 0.0927 e. The summed E-state index contributed by atoms with van der Waals surface area (Å²) in [4.78, 5) is 0. The van der Waals surface area contributed by atoms with Gasteiger partial charge in [0.25, 0.3) is 0 Å². The highest BCUT2D eigenvalue weighted by Gasteiger charge is 2.03. The van der Waals surface area contributed by atoms with Gasteiger partial charge in [-0.3, -0.25) is 0 Å². The second-order valence-electron chi connectivity index (χ2n) is 3.23. The molecule has 0 aliphatic heterocycles. The van der Waals surface area contributed by atoms with Crippen LogP contribution in [0.1, 0.15) is 29.7 Å². The molecular formula is C10H14N2. The van der Waals surface area contributed by atoms with Crippen LogP contribution >= 0.6 is 0 Å². The van der Waals surface area contributed by atoms with Crippen molar-refractivity contribution < 1.29 is 0 Å². The van der Waals surface area contributed by atoms with Crippen LogP contribution < -0.4 is 0 Å². The summed E-state index contributed by atoms with van der Waals surface area (Å²) < 4.78 is 0. The number of aryl methyl sites for hydroxylation is 2. The molecule has 0 fully saturated rings. The van der Waals surface area contributed by atoms with E-state index in [-0.39, 0.29) is 6.04 Å². The van der Waals surface area contributed by atoms with Crippen molar-refractivity contribution in [2.75, 3.05) is 0 Å². The second-order valence-corrected chi connectivity index (χ2v) is 3.23. The summed E-state index contributed by atoms with van der Waals surface area (Å²) >= 11 is 0. The van der Waals surface area contributed by atoms with Gasteiger partial charge in [-0.05, 0) is 26.3 Å². The van der Waals surface area contributed by atoms with E-state index < -0.39 is 0 Å². The van der Waals surface area contributed by atoms with E-state index in [4.69, 9.17) is 5.53 Å². The van der Waals surface area contributed by atoms with Crippen molar-refractivity contribution >= 4 is 0 Å². The van der Waals surface area contributed by atoms with Crippen LogP contribution in [0.5, 0.6) is 0 Å². The minimum absolute atomic E-state index is 0.0106. The van der Waals surface area contributed by atoms with Gasteiger partial charge in [0.2, 0.25) is 0 Å². The molecule has 1 aromatic carbocycles. The van der Waals surface area contributed by atoms with Crippen LogP contribution in [0.15, 0.2) is 23.3 Å². The molecule has 0 spiro atoms. The van der Waals surface area contributed by atoms with E-state index in [0.717, 1.165) is 5.56 Å². The fourth-order valence-corrected chi connectivity index (χ4v) is 1.33. The van der Waals surface area contributed by atoms with Crippen LogP contribution in [-0.2, 0) is 0 Å². The lowest BCUT2D eigenvalue weighted by molar-refractivity contribution is 0.732. The Hall–Kier alpha value is -1.18. The van der Waals surface area contributed by atoms with Crippen LogP contribution in [0.4, 0.5) is 0 Å². The zero-order valence-corrected chi connectivity index (χ0v) is 7.76. The average molecular weight is 162 g/mol. The van der Waals surface area contributed by atoms with Crippen LogP contribution in [0.25, 0.3) is 0 Å². The molecule has 1 aromatic rings. The molecule has 1 unspecified atom stereocenters. The molecule has 0 saturated carbocycles. The lowest BCUT2D eigenvalue weighted by atomic mass is 10.0. The Morgan fingerprint density at radius 3 is 2.08 bits per heavy atom. The summed E-state index contributed by atoms with van der Waals surface area (Å²) in [6.45, 7) is 6.06. The summed E-state index contributed by atoms with van der Waals surface area (Å²) in [5, 5.41) is 3.49. The van der Waals surface area contributed by atoms with Crippen molar-refractivity contribution in [1.29, 1.82) is 5.53 Å². The Labute approximate surface area is 73.1 Å². The number of nitrogens with one attached hydrogen (secondary N) is 1. The third-order valence-corrected chi connectivity index (χ3v) is 1.92. The van der Waals surface area contributed by atoms with Crippen LogP contribution in [0.3, 0.4) is 0 Å². The van der Waals surface area contributed by atoms with Crippen molar-refractivity contribution in [3.05, 3.63) is 34.9 Å². The zero-order valence-electron chi connectivity index (χ0n) is 7.76. The van der Waals surface area contributed by atoms with Crippen molar-refractivity contribution in [3.63, 3.8) is 0 Å². The van der Waals surface area contributed by atoms with Crippen LogP contribution in [0, 0.1) is 19.4 Å². The van der Waals surface area contributed by atoms with Crippen molar-refractivity contribution in [3.8, 4) is 0 Å². The molecule has 0 radical (unpaired) electrons. The molecule has 0 amide bonds. The van der Waals surface area contributed by atoms with E-state index in [0.29, 0.717) is 0 Å². The van der Waals surface area contributed by atoms with Gasteiger partial charge < -0.3 is 0 Å². The van der Waals surface area contributed by atoms with Crippen molar-refractivity contribution in [1.82, 2.24) is 0 Å². The van der Waals surface area contributed by atoms with Crippen LogP contribution in [-0.4, -0.2) is 0 Å². The molecule has 0 saturated heterocycles. The number of nitrogens with zero attached hydrogens (tertiary/aromatic N) is 1. The molecule has 0 aliphatic rings. The normalized spacial score (nSPS) is 12.6. The first-order valence-corrected chi connectivity index (χ1v) is 4.08. The van der Waals surface area contributed by atoms with Gasteiger partial charge in [-0.25, -0.2) is 5.53 Å². The lowest BCUT2D eigenvalue weighted by Crippen LogP contribution is -1.90. The Morgan fingerprint density at radius 1 is 1.17 bits per heavy atom. The first-order valence-electron chi connectivity index (χ1n) is 4.08. The third-order valence-electron chi connectivity index (χ3n) is 1.92.